The Balaban J connectivity index is 1.41. The Hall–Kier alpha value is -2.12. The zero-order valence-electron chi connectivity index (χ0n) is 14.9. The van der Waals surface area contributed by atoms with Gasteiger partial charge in [-0.3, -0.25) is 9.69 Å². The first-order chi connectivity index (χ1) is 13.1. The molecule has 0 spiro atoms. The number of likely N-dealkylation sites (tertiary alicyclic amines) is 1. The molecule has 0 aliphatic carbocycles. The Bertz CT molecular complexity index is 856. The number of carbonyl (C=O) groups excluding carboxylic acids is 2. The number of amides is 3. The van der Waals surface area contributed by atoms with Crippen LogP contribution in [0.2, 0.25) is 5.02 Å². The Morgan fingerprint density at radius 2 is 2.19 bits per heavy atom. The topological polar surface area (TPSA) is 65.5 Å². The molecular formula is C19H21ClN4O2S. The molecule has 3 heterocycles. The van der Waals surface area contributed by atoms with Crippen LogP contribution in [0.1, 0.15) is 24.1 Å². The van der Waals surface area contributed by atoms with Crippen LogP contribution in [0.4, 0.5) is 9.93 Å². The number of urea groups is 1. The average molecular weight is 405 g/mol. The predicted octanol–water partition coefficient (Wildman–Crippen LogP) is 3.10. The predicted molar refractivity (Wildman–Crippen MR) is 106 cm³/mol. The third-order valence-electron chi connectivity index (χ3n) is 5.07. The SMILES string of the molecule is O=C1NCCN1c1nc(CC(=O)N2CCCC2Cc2ccccc2Cl)cs1. The highest BCUT2D eigenvalue weighted by Crippen LogP contribution is 2.27. The number of benzene rings is 1. The van der Waals surface area contributed by atoms with Gasteiger partial charge in [0.25, 0.3) is 0 Å². The highest BCUT2D eigenvalue weighted by atomic mass is 35.5. The molecule has 0 saturated carbocycles. The van der Waals surface area contributed by atoms with Gasteiger partial charge in [-0.15, -0.1) is 11.3 Å². The summed E-state index contributed by atoms with van der Waals surface area (Å²) in [6.45, 7) is 2.02. The van der Waals surface area contributed by atoms with Crippen LogP contribution in [0.15, 0.2) is 29.6 Å². The molecule has 27 heavy (non-hydrogen) atoms. The van der Waals surface area contributed by atoms with Crippen molar-refractivity contribution in [1.29, 1.82) is 0 Å². The number of hydrogen-bond donors (Lipinski definition) is 1. The number of nitrogens with zero attached hydrogens (tertiary/aromatic N) is 3. The van der Waals surface area contributed by atoms with E-state index in [-0.39, 0.29) is 24.4 Å². The molecule has 2 saturated heterocycles. The molecule has 0 bridgehead atoms. The van der Waals surface area contributed by atoms with Crippen LogP contribution in [0.5, 0.6) is 0 Å². The standard InChI is InChI=1S/C19H21ClN4O2S/c20-16-6-2-1-4-13(16)10-15-5-3-8-23(15)17(25)11-14-12-27-19(22-14)24-9-7-21-18(24)26/h1-2,4,6,12,15H,3,5,7-11H2,(H,21,26). The maximum atomic E-state index is 12.9. The minimum Gasteiger partial charge on any atom is -0.339 e. The van der Waals surface area contributed by atoms with Crippen molar-refractivity contribution in [3.8, 4) is 0 Å². The van der Waals surface area contributed by atoms with E-state index in [1.807, 2.05) is 34.5 Å². The normalized spacial score (nSPS) is 19.6. The van der Waals surface area contributed by atoms with Crippen molar-refractivity contribution in [3.05, 3.63) is 45.9 Å². The number of thiazole rings is 1. The number of anilines is 1. The lowest BCUT2D eigenvalue weighted by Crippen LogP contribution is -2.38. The summed E-state index contributed by atoms with van der Waals surface area (Å²) in [5, 5.41) is 6.05. The number of halogens is 1. The number of rotatable bonds is 5. The van der Waals surface area contributed by atoms with E-state index < -0.39 is 0 Å². The van der Waals surface area contributed by atoms with Crippen LogP contribution in [-0.4, -0.2) is 47.5 Å². The van der Waals surface area contributed by atoms with Crippen LogP contribution in [0.25, 0.3) is 0 Å². The molecule has 1 N–H and O–H groups in total. The molecule has 2 fully saturated rings. The average Bonchev–Trinajstić information content (AvgIpc) is 3.38. The molecule has 3 amide bonds. The van der Waals surface area contributed by atoms with Gasteiger partial charge in [-0.05, 0) is 30.9 Å². The first kappa shape index (κ1) is 18.3. The summed E-state index contributed by atoms with van der Waals surface area (Å²) in [5.41, 5.74) is 1.81. The lowest BCUT2D eigenvalue weighted by atomic mass is 10.0. The van der Waals surface area contributed by atoms with Crippen molar-refractivity contribution < 1.29 is 9.59 Å². The lowest BCUT2D eigenvalue weighted by molar-refractivity contribution is -0.131. The van der Waals surface area contributed by atoms with E-state index >= 15 is 0 Å². The Morgan fingerprint density at radius 1 is 1.33 bits per heavy atom. The zero-order chi connectivity index (χ0) is 18.8. The van der Waals surface area contributed by atoms with Crippen molar-refractivity contribution in [2.45, 2.75) is 31.7 Å². The van der Waals surface area contributed by atoms with Crippen molar-refractivity contribution in [2.75, 3.05) is 24.5 Å². The fourth-order valence-corrected chi connectivity index (χ4v) is 4.77. The molecule has 2 aromatic rings. The number of hydrogen-bond acceptors (Lipinski definition) is 4. The summed E-state index contributed by atoms with van der Waals surface area (Å²) in [4.78, 5) is 32.7. The van der Waals surface area contributed by atoms with Gasteiger partial charge in [-0.2, -0.15) is 0 Å². The third kappa shape index (κ3) is 3.94. The Morgan fingerprint density at radius 3 is 2.96 bits per heavy atom. The van der Waals surface area contributed by atoms with E-state index in [9.17, 15) is 9.59 Å². The second kappa shape index (κ2) is 7.86. The molecule has 1 aromatic carbocycles. The van der Waals surface area contributed by atoms with E-state index in [0.717, 1.165) is 42.1 Å². The molecule has 2 aliphatic rings. The minimum atomic E-state index is -0.124. The number of carbonyl (C=O) groups is 2. The minimum absolute atomic E-state index is 0.0901. The zero-order valence-corrected chi connectivity index (χ0v) is 16.4. The van der Waals surface area contributed by atoms with E-state index in [1.54, 1.807) is 4.90 Å². The van der Waals surface area contributed by atoms with Crippen molar-refractivity contribution in [1.82, 2.24) is 15.2 Å². The molecule has 1 atom stereocenters. The van der Waals surface area contributed by atoms with Crippen molar-refractivity contribution in [2.24, 2.45) is 0 Å². The van der Waals surface area contributed by atoms with Gasteiger partial charge in [-0.1, -0.05) is 29.8 Å². The molecular weight excluding hydrogens is 384 g/mol. The van der Waals surface area contributed by atoms with E-state index in [4.69, 9.17) is 11.6 Å². The van der Waals surface area contributed by atoms with Gasteiger partial charge in [0.15, 0.2) is 5.13 Å². The Labute approximate surface area is 167 Å². The molecule has 2 aliphatic heterocycles. The first-order valence-electron chi connectivity index (χ1n) is 9.14. The van der Waals surface area contributed by atoms with Gasteiger partial charge in [0.05, 0.1) is 12.1 Å². The molecule has 4 rings (SSSR count). The fourth-order valence-electron chi connectivity index (χ4n) is 3.71. The highest BCUT2D eigenvalue weighted by molar-refractivity contribution is 7.14. The van der Waals surface area contributed by atoms with E-state index in [1.165, 1.54) is 11.3 Å². The summed E-state index contributed by atoms with van der Waals surface area (Å²) in [7, 11) is 0. The fraction of sp³-hybridized carbons (Fsp3) is 0.421. The van der Waals surface area contributed by atoms with Gasteiger partial charge in [0, 0.05) is 36.1 Å². The first-order valence-corrected chi connectivity index (χ1v) is 10.4. The molecule has 1 aromatic heterocycles. The number of nitrogens with one attached hydrogen (secondary N) is 1. The second-order valence-corrected chi connectivity index (χ2v) is 8.10. The number of aromatic nitrogens is 1. The summed E-state index contributed by atoms with van der Waals surface area (Å²) >= 11 is 7.69. The van der Waals surface area contributed by atoms with Crippen LogP contribution in [0, 0.1) is 0 Å². The highest BCUT2D eigenvalue weighted by Gasteiger charge is 2.30. The van der Waals surface area contributed by atoms with Crippen molar-refractivity contribution in [3.63, 3.8) is 0 Å². The molecule has 8 heteroatoms. The molecule has 6 nitrogen and oxygen atoms in total. The monoisotopic (exact) mass is 404 g/mol. The lowest BCUT2D eigenvalue weighted by Gasteiger charge is -2.25. The maximum Gasteiger partial charge on any atom is 0.323 e. The van der Waals surface area contributed by atoms with Crippen LogP contribution in [-0.2, 0) is 17.6 Å². The summed E-state index contributed by atoms with van der Waals surface area (Å²) in [6, 6.07) is 7.87. The van der Waals surface area contributed by atoms with Gasteiger partial charge in [0.2, 0.25) is 5.91 Å². The quantitative estimate of drug-likeness (QED) is 0.832. The van der Waals surface area contributed by atoms with E-state index in [2.05, 4.69) is 10.3 Å². The van der Waals surface area contributed by atoms with Gasteiger partial charge >= 0.3 is 6.03 Å². The smallest absolute Gasteiger partial charge is 0.323 e. The summed E-state index contributed by atoms with van der Waals surface area (Å²) in [5.74, 6) is 0.0901. The van der Waals surface area contributed by atoms with Gasteiger partial charge in [-0.25, -0.2) is 9.78 Å². The second-order valence-electron chi connectivity index (χ2n) is 6.86. The Kier molecular flexibility index (Phi) is 5.31. The van der Waals surface area contributed by atoms with Crippen molar-refractivity contribution >= 4 is 40.0 Å². The van der Waals surface area contributed by atoms with E-state index in [0.29, 0.717) is 18.2 Å². The van der Waals surface area contributed by atoms with Gasteiger partial charge in [0.1, 0.15) is 0 Å². The summed E-state index contributed by atoms with van der Waals surface area (Å²) < 4.78 is 0. The maximum absolute atomic E-state index is 12.9. The molecule has 1 unspecified atom stereocenters. The molecule has 142 valence electrons. The largest absolute Gasteiger partial charge is 0.339 e. The third-order valence-corrected chi connectivity index (χ3v) is 6.35. The van der Waals surface area contributed by atoms with Crippen LogP contribution < -0.4 is 10.2 Å². The van der Waals surface area contributed by atoms with Gasteiger partial charge < -0.3 is 10.2 Å². The van der Waals surface area contributed by atoms with Crippen LogP contribution in [0.3, 0.4) is 0 Å². The van der Waals surface area contributed by atoms with Crippen LogP contribution >= 0.6 is 22.9 Å². The summed E-state index contributed by atoms with van der Waals surface area (Å²) in [6.07, 6.45) is 3.05. The molecule has 0 radical (unpaired) electrons.